The van der Waals surface area contributed by atoms with E-state index < -0.39 is 0 Å². The Kier molecular flexibility index (Phi) is 6.14. The van der Waals surface area contributed by atoms with Crippen LogP contribution in [0.15, 0.2) is 24.3 Å². The molecule has 2 aliphatic rings. The minimum atomic E-state index is -0.325. The second-order valence-electron chi connectivity index (χ2n) is 5.89. The van der Waals surface area contributed by atoms with Crippen LogP contribution in [0.1, 0.15) is 12.0 Å². The molecule has 22 heavy (non-hydrogen) atoms. The summed E-state index contributed by atoms with van der Waals surface area (Å²) in [5, 5.41) is 14.2. The number of nitrogens with one attached hydrogen (secondary N) is 1. The molecule has 1 aromatic rings. The molecule has 0 aromatic heterocycles. The molecule has 6 nitrogen and oxygen atoms in total. The van der Waals surface area contributed by atoms with E-state index in [0.29, 0.717) is 6.04 Å². The van der Waals surface area contributed by atoms with Crippen LogP contribution < -0.4 is 5.32 Å². The maximum absolute atomic E-state index is 10.8. The molecule has 0 aliphatic carbocycles. The topological polar surface area (TPSA) is 61.7 Å². The highest BCUT2D eigenvalue weighted by Crippen LogP contribution is 2.17. The van der Waals surface area contributed by atoms with Gasteiger partial charge in [0.2, 0.25) is 0 Å². The van der Waals surface area contributed by atoms with Crippen molar-refractivity contribution >= 4 is 18.1 Å². The lowest BCUT2D eigenvalue weighted by Gasteiger charge is -2.37. The number of non-ortho nitro benzene ring substituents is 1. The summed E-state index contributed by atoms with van der Waals surface area (Å²) in [5.74, 6) is 0. The number of hydrogen-bond acceptors (Lipinski definition) is 5. The molecule has 1 atom stereocenters. The van der Waals surface area contributed by atoms with Crippen molar-refractivity contribution in [3.8, 4) is 0 Å². The summed E-state index contributed by atoms with van der Waals surface area (Å²) in [6.07, 6.45) is 1.25. The number of hydrogen-bond donors (Lipinski definition) is 1. The number of nitrogens with zero attached hydrogens (tertiary/aromatic N) is 3. The van der Waals surface area contributed by atoms with Gasteiger partial charge in [-0.1, -0.05) is 12.1 Å². The first-order valence-corrected chi connectivity index (χ1v) is 7.63. The monoisotopic (exact) mass is 326 g/mol. The van der Waals surface area contributed by atoms with Crippen LogP contribution in [0.25, 0.3) is 0 Å². The van der Waals surface area contributed by atoms with Gasteiger partial charge in [0.1, 0.15) is 0 Å². The predicted octanol–water partition coefficient (Wildman–Crippen LogP) is 1.50. The van der Waals surface area contributed by atoms with Gasteiger partial charge in [-0.25, -0.2) is 0 Å². The van der Waals surface area contributed by atoms with Crippen LogP contribution in [-0.4, -0.2) is 60.0 Å². The Morgan fingerprint density at radius 1 is 1.27 bits per heavy atom. The van der Waals surface area contributed by atoms with Gasteiger partial charge in [-0.3, -0.25) is 19.9 Å². The van der Waals surface area contributed by atoms with Gasteiger partial charge in [0.05, 0.1) is 4.92 Å². The van der Waals surface area contributed by atoms with Gasteiger partial charge < -0.3 is 5.32 Å². The van der Waals surface area contributed by atoms with Gasteiger partial charge in [0.25, 0.3) is 5.69 Å². The van der Waals surface area contributed by atoms with Gasteiger partial charge in [-0.15, -0.1) is 12.4 Å². The first-order valence-electron chi connectivity index (χ1n) is 7.63. The molecule has 0 bridgehead atoms. The Labute approximate surface area is 137 Å². The molecule has 3 rings (SSSR count). The minimum absolute atomic E-state index is 0. The number of benzene rings is 1. The Morgan fingerprint density at radius 3 is 2.68 bits per heavy atom. The fourth-order valence-electron chi connectivity index (χ4n) is 3.26. The van der Waals surface area contributed by atoms with Crippen LogP contribution >= 0.6 is 12.4 Å². The van der Waals surface area contributed by atoms with Crippen LogP contribution in [0.2, 0.25) is 0 Å². The third-order valence-electron chi connectivity index (χ3n) is 4.49. The molecular formula is C15H23ClN4O2. The SMILES string of the molecule is Cl.O=[N+]([O-])c1cccc(CN2CCN(C3CCNC3)CC2)c1. The summed E-state index contributed by atoms with van der Waals surface area (Å²) < 4.78 is 0. The lowest BCUT2D eigenvalue weighted by molar-refractivity contribution is -0.384. The van der Waals surface area contributed by atoms with Crippen molar-refractivity contribution in [2.45, 2.75) is 19.0 Å². The van der Waals surface area contributed by atoms with E-state index >= 15 is 0 Å². The number of nitro groups is 1. The summed E-state index contributed by atoms with van der Waals surface area (Å²) in [4.78, 5) is 15.5. The van der Waals surface area contributed by atoms with E-state index in [-0.39, 0.29) is 23.0 Å². The molecule has 2 aliphatic heterocycles. The standard InChI is InChI=1S/C15H22N4O2.ClH/c20-19(21)14-3-1-2-13(10-14)12-17-6-8-18(9-7-17)15-4-5-16-11-15;/h1-3,10,15-16H,4-9,11-12H2;1H. The van der Waals surface area contributed by atoms with Crippen molar-refractivity contribution in [2.24, 2.45) is 0 Å². The summed E-state index contributed by atoms with van der Waals surface area (Å²) in [6, 6.07) is 7.68. The third kappa shape index (κ3) is 4.16. The largest absolute Gasteiger partial charge is 0.315 e. The van der Waals surface area contributed by atoms with E-state index in [2.05, 4.69) is 15.1 Å². The van der Waals surface area contributed by atoms with E-state index in [1.54, 1.807) is 18.2 Å². The zero-order valence-electron chi connectivity index (χ0n) is 12.6. The lowest BCUT2D eigenvalue weighted by Crippen LogP contribution is -2.50. The van der Waals surface area contributed by atoms with Crippen LogP contribution in [0.3, 0.4) is 0 Å². The Hall–Kier alpha value is -1.21. The van der Waals surface area contributed by atoms with Gasteiger partial charge in [0.15, 0.2) is 0 Å². The molecule has 2 heterocycles. The number of rotatable bonds is 4. The van der Waals surface area contributed by atoms with Crippen LogP contribution in [0, 0.1) is 10.1 Å². The van der Waals surface area contributed by atoms with E-state index in [0.717, 1.165) is 51.4 Å². The highest BCUT2D eigenvalue weighted by atomic mass is 35.5. The molecule has 0 saturated carbocycles. The molecule has 0 radical (unpaired) electrons. The first-order chi connectivity index (χ1) is 10.2. The normalized spacial score (nSPS) is 23.2. The fourth-order valence-corrected chi connectivity index (χ4v) is 3.26. The average Bonchev–Trinajstić information content (AvgIpc) is 3.02. The Balaban J connectivity index is 0.00000176. The minimum Gasteiger partial charge on any atom is -0.315 e. The van der Waals surface area contributed by atoms with Crippen LogP contribution in [-0.2, 0) is 6.54 Å². The first kappa shape index (κ1) is 17.1. The van der Waals surface area contributed by atoms with Crippen LogP contribution in [0.4, 0.5) is 5.69 Å². The van der Waals surface area contributed by atoms with Crippen molar-refractivity contribution in [1.29, 1.82) is 0 Å². The van der Waals surface area contributed by atoms with Crippen molar-refractivity contribution in [3.63, 3.8) is 0 Å². The molecule has 2 fully saturated rings. The summed E-state index contributed by atoms with van der Waals surface area (Å²) in [6.45, 7) is 7.34. The predicted molar refractivity (Wildman–Crippen MR) is 88.5 cm³/mol. The summed E-state index contributed by atoms with van der Waals surface area (Å²) in [7, 11) is 0. The maximum Gasteiger partial charge on any atom is 0.269 e. The molecule has 2 saturated heterocycles. The molecular weight excluding hydrogens is 304 g/mol. The second kappa shape index (κ2) is 7.87. The average molecular weight is 327 g/mol. The van der Waals surface area contributed by atoms with Crippen molar-refractivity contribution < 1.29 is 4.92 Å². The molecule has 1 aromatic carbocycles. The van der Waals surface area contributed by atoms with Crippen molar-refractivity contribution in [1.82, 2.24) is 15.1 Å². The van der Waals surface area contributed by atoms with Crippen molar-refractivity contribution in [3.05, 3.63) is 39.9 Å². The van der Waals surface area contributed by atoms with E-state index in [9.17, 15) is 10.1 Å². The zero-order valence-corrected chi connectivity index (χ0v) is 13.4. The Morgan fingerprint density at radius 2 is 2.05 bits per heavy atom. The maximum atomic E-state index is 10.8. The highest BCUT2D eigenvalue weighted by Gasteiger charge is 2.25. The zero-order chi connectivity index (χ0) is 14.7. The molecule has 0 spiro atoms. The quantitative estimate of drug-likeness (QED) is 0.671. The van der Waals surface area contributed by atoms with Gasteiger partial charge in [-0.05, 0) is 18.5 Å². The molecule has 1 N–H and O–H groups in total. The second-order valence-corrected chi connectivity index (χ2v) is 5.89. The van der Waals surface area contributed by atoms with Gasteiger partial charge in [-0.2, -0.15) is 0 Å². The van der Waals surface area contributed by atoms with Gasteiger partial charge >= 0.3 is 0 Å². The van der Waals surface area contributed by atoms with Crippen molar-refractivity contribution in [2.75, 3.05) is 39.3 Å². The Bertz CT molecular complexity index is 500. The summed E-state index contributed by atoms with van der Waals surface area (Å²) >= 11 is 0. The molecule has 122 valence electrons. The van der Waals surface area contributed by atoms with E-state index in [1.807, 2.05) is 6.07 Å². The number of piperazine rings is 1. The summed E-state index contributed by atoms with van der Waals surface area (Å²) in [5.41, 5.74) is 1.21. The number of halogens is 1. The molecule has 0 amide bonds. The highest BCUT2D eigenvalue weighted by molar-refractivity contribution is 5.85. The molecule has 1 unspecified atom stereocenters. The third-order valence-corrected chi connectivity index (χ3v) is 4.49. The lowest BCUT2D eigenvalue weighted by atomic mass is 10.1. The van der Waals surface area contributed by atoms with Crippen LogP contribution in [0.5, 0.6) is 0 Å². The smallest absolute Gasteiger partial charge is 0.269 e. The van der Waals surface area contributed by atoms with E-state index in [4.69, 9.17) is 0 Å². The molecule has 7 heteroatoms. The van der Waals surface area contributed by atoms with Gasteiger partial charge in [0, 0.05) is 57.4 Å². The number of nitro benzene ring substituents is 1. The van der Waals surface area contributed by atoms with E-state index in [1.165, 1.54) is 6.42 Å². The fraction of sp³-hybridized carbons (Fsp3) is 0.600.